The van der Waals surface area contributed by atoms with Crippen molar-refractivity contribution in [2.45, 2.75) is 53.9 Å². The molecule has 1 atom stereocenters. The molecule has 0 spiro atoms. The highest BCUT2D eigenvalue weighted by Gasteiger charge is 2.19. The summed E-state index contributed by atoms with van der Waals surface area (Å²) in [6.07, 6.45) is 1.18. The van der Waals surface area contributed by atoms with E-state index in [0.29, 0.717) is 6.61 Å². The summed E-state index contributed by atoms with van der Waals surface area (Å²) >= 11 is 0. The number of aliphatic hydroxyl groups excluding tert-OH is 1. The molecule has 21 heavy (non-hydrogen) atoms. The first-order chi connectivity index (χ1) is 8.41. The molecule has 0 heterocycles. The van der Waals surface area contributed by atoms with Gasteiger partial charge in [-0.3, -0.25) is 0 Å². The van der Waals surface area contributed by atoms with E-state index in [9.17, 15) is 9.90 Å². The summed E-state index contributed by atoms with van der Waals surface area (Å²) in [6, 6.07) is 1.02. The Bertz CT molecular complexity index is 256. The molecule has 0 rings (SSSR count). The van der Waals surface area contributed by atoms with E-state index in [1.165, 1.54) is 0 Å². The van der Waals surface area contributed by atoms with Gasteiger partial charge in [-0.2, -0.15) is 0 Å². The van der Waals surface area contributed by atoms with Crippen molar-refractivity contribution in [1.82, 2.24) is 0 Å². The molecule has 0 aliphatic carbocycles. The first-order valence-electron chi connectivity index (χ1n) is 6.01. The lowest BCUT2D eigenvalue weighted by Gasteiger charge is -2.19. The maximum absolute atomic E-state index is 10.7. The van der Waals surface area contributed by atoms with Crippen molar-refractivity contribution < 1.29 is 23.8 Å². The quantitative estimate of drug-likeness (QED) is 0.289. The highest BCUT2D eigenvalue weighted by atomic mass is 28.4. The lowest BCUT2D eigenvalue weighted by Crippen LogP contribution is -2.29. The molecule has 0 fully saturated rings. The van der Waals surface area contributed by atoms with E-state index < -0.39 is 20.4 Å². The zero-order chi connectivity index (χ0) is 14.0. The van der Waals surface area contributed by atoms with Gasteiger partial charge < -0.3 is 19.0 Å². The summed E-state index contributed by atoms with van der Waals surface area (Å²) in [5, 5.41) is 9.45. The number of aliphatic hydroxyl groups is 1. The summed E-state index contributed by atoms with van der Waals surface area (Å²) in [5.74, 6) is -0.540. The van der Waals surface area contributed by atoms with E-state index in [1.807, 2.05) is 0 Å². The fourth-order valence-corrected chi connectivity index (χ4v) is 2.41. The van der Waals surface area contributed by atoms with Crippen LogP contribution in [-0.2, 0) is 18.7 Å². The fourth-order valence-electron chi connectivity index (χ4n) is 1.21. The Balaban J connectivity index is -0.000000482. The van der Waals surface area contributed by atoms with Crippen LogP contribution in [0.2, 0.25) is 19.1 Å². The summed E-state index contributed by atoms with van der Waals surface area (Å²) in [7, 11) is 0.228. The van der Waals surface area contributed by atoms with Crippen LogP contribution in [0.15, 0.2) is 12.7 Å². The van der Waals surface area contributed by atoms with Gasteiger partial charge in [0.25, 0.3) is 0 Å². The third kappa shape index (κ3) is 17.3. The van der Waals surface area contributed by atoms with E-state index in [2.05, 4.69) is 24.4 Å². The van der Waals surface area contributed by atoms with E-state index >= 15 is 0 Å². The first kappa shape index (κ1) is 28.5. The molecule has 0 aromatic carbocycles. The van der Waals surface area contributed by atoms with Crippen LogP contribution in [0.5, 0.6) is 0 Å². The third-order valence-corrected chi connectivity index (χ3v) is 5.18. The Kier molecular flexibility index (Phi) is 21.3. The van der Waals surface area contributed by atoms with Gasteiger partial charge in [0.15, 0.2) is 8.32 Å². The third-order valence-electron chi connectivity index (χ3n) is 2.51. The molecule has 0 radical (unpaired) electrons. The van der Waals surface area contributed by atoms with Crippen LogP contribution < -0.4 is 0 Å². The normalized spacial score (nSPS) is 11.2. The summed E-state index contributed by atoms with van der Waals surface area (Å²) in [5.41, 5.74) is 0. The van der Waals surface area contributed by atoms with Gasteiger partial charge in [0.05, 0.1) is 6.61 Å². The minimum atomic E-state index is -1.51. The van der Waals surface area contributed by atoms with Crippen LogP contribution in [0.1, 0.15) is 28.7 Å². The average molecular weight is 325 g/mol. The number of hydrogen-bond acceptors (Lipinski definition) is 5. The first-order valence-corrected chi connectivity index (χ1v) is 9.13. The molecule has 0 saturated heterocycles. The zero-order valence-electron chi connectivity index (χ0n) is 11.5. The molecule has 0 aromatic heterocycles. The number of hydrogen-bond donors (Lipinski definition) is 1. The van der Waals surface area contributed by atoms with Crippen molar-refractivity contribution in [2.75, 3.05) is 26.9 Å². The maximum atomic E-state index is 10.7. The Morgan fingerprint density at radius 1 is 1.29 bits per heavy atom. The fraction of sp³-hybridized carbons (Fsp3) is 0.800. The number of carbonyl (C=O) groups excluding carboxylic acids is 1. The predicted molar refractivity (Wildman–Crippen MR) is 92.1 cm³/mol. The molecule has 130 valence electrons. The molecule has 0 aromatic rings. The van der Waals surface area contributed by atoms with Crippen LogP contribution in [0.3, 0.4) is 0 Å². The van der Waals surface area contributed by atoms with Crippen LogP contribution in [-0.4, -0.2) is 52.4 Å². The van der Waals surface area contributed by atoms with Crippen molar-refractivity contribution >= 4 is 14.3 Å². The second-order valence-corrected chi connectivity index (χ2v) is 9.06. The van der Waals surface area contributed by atoms with Crippen molar-refractivity contribution in [3.05, 3.63) is 12.7 Å². The summed E-state index contributed by atoms with van der Waals surface area (Å²) < 4.78 is 15.4. The molecule has 1 N–H and O–H groups in total. The minimum absolute atomic E-state index is 0. The smallest absolute Gasteiger partial charge is 0.330 e. The Morgan fingerprint density at radius 3 is 2.33 bits per heavy atom. The van der Waals surface area contributed by atoms with Gasteiger partial charge in [0.1, 0.15) is 12.7 Å². The van der Waals surface area contributed by atoms with E-state index in [-0.39, 0.29) is 35.5 Å². The second-order valence-electron chi connectivity index (χ2n) is 4.63. The van der Waals surface area contributed by atoms with Crippen LogP contribution >= 0.6 is 0 Å². The largest absolute Gasteiger partial charge is 0.460 e. The van der Waals surface area contributed by atoms with E-state index in [4.69, 9.17) is 9.16 Å². The van der Waals surface area contributed by atoms with E-state index in [1.54, 1.807) is 7.11 Å². The van der Waals surface area contributed by atoms with Crippen molar-refractivity contribution in [1.29, 1.82) is 0 Å². The maximum Gasteiger partial charge on any atom is 0.330 e. The Labute approximate surface area is 132 Å². The predicted octanol–water partition coefficient (Wildman–Crippen LogP) is 3.24. The molecule has 0 amide bonds. The van der Waals surface area contributed by atoms with Crippen molar-refractivity contribution in [3.63, 3.8) is 0 Å². The summed E-state index contributed by atoms with van der Waals surface area (Å²) in [6.45, 7) is 8.23. The summed E-state index contributed by atoms with van der Waals surface area (Å²) in [4.78, 5) is 10.7. The SMILES string of the molecule is C.C.C.C=CC(=O)OCC(O)COCCC[Si](C)(C)OC. The molecule has 1 unspecified atom stereocenters. The topological polar surface area (TPSA) is 65.0 Å². The molecule has 0 aliphatic heterocycles. The minimum Gasteiger partial charge on any atom is -0.460 e. The molecular weight excluding hydrogens is 288 g/mol. The highest BCUT2D eigenvalue weighted by molar-refractivity contribution is 6.71. The zero-order valence-corrected chi connectivity index (χ0v) is 12.5. The van der Waals surface area contributed by atoms with Gasteiger partial charge in [-0.05, 0) is 25.6 Å². The van der Waals surface area contributed by atoms with Crippen LogP contribution in [0.4, 0.5) is 0 Å². The molecule has 5 nitrogen and oxygen atoms in total. The van der Waals surface area contributed by atoms with Gasteiger partial charge in [-0.15, -0.1) is 0 Å². The number of rotatable bonds is 10. The van der Waals surface area contributed by atoms with Gasteiger partial charge in [-0.1, -0.05) is 28.9 Å². The van der Waals surface area contributed by atoms with Gasteiger partial charge >= 0.3 is 5.97 Å². The monoisotopic (exact) mass is 324 g/mol. The molecule has 6 heteroatoms. The number of ether oxygens (including phenoxy) is 2. The molecule has 0 aliphatic rings. The van der Waals surface area contributed by atoms with Crippen molar-refractivity contribution in [2.24, 2.45) is 0 Å². The van der Waals surface area contributed by atoms with E-state index in [0.717, 1.165) is 18.5 Å². The second kappa shape index (κ2) is 15.7. The average Bonchev–Trinajstić information content (AvgIpc) is 2.35. The lowest BCUT2D eigenvalue weighted by molar-refractivity contribution is -0.141. The number of esters is 1. The van der Waals surface area contributed by atoms with Crippen LogP contribution in [0, 0.1) is 0 Å². The van der Waals surface area contributed by atoms with Crippen molar-refractivity contribution in [3.8, 4) is 0 Å². The van der Waals surface area contributed by atoms with Gasteiger partial charge in [0, 0.05) is 19.8 Å². The standard InChI is InChI=1S/C12H24O5Si.3CH4/c1-5-12(14)17-10-11(13)9-16-7-6-8-18(3,4)15-2;;;/h5,11,13H,1,6-10H2,2-4H3;3*1H4. The van der Waals surface area contributed by atoms with Gasteiger partial charge in [-0.25, -0.2) is 4.79 Å². The lowest BCUT2D eigenvalue weighted by atomic mass is 10.4. The highest BCUT2D eigenvalue weighted by Crippen LogP contribution is 2.12. The molecule has 0 saturated carbocycles. The Morgan fingerprint density at radius 2 is 1.86 bits per heavy atom. The Hall–Kier alpha value is -0.693. The molecule has 0 bridgehead atoms. The number of carbonyl (C=O) groups is 1. The molecular formula is C15H36O5Si. The van der Waals surface area contributed by atoms with Crippen LogP contribution in [0.25, 0.3) is 0 Å². The van der Waals surface area contributed by atoms with Gasteiger partial charge in [0.2, 0.25) is 0 Å².